The zero-order valence-electron chi connectivity index (χ0n) is 29.3. The van der Waals surface area contributed by atoms with Crippen LogP contribution in [0.3, 0.4) is 0 Å². The second-order valence-electron chi connectivity index (χ2n) is 13.7. The lowest BCUT2D eigenvalue weighted by Crippen LogP contribution is -2.52. The number of sulfone groups is 1. The van der Waals surface area contributed by atoms with Gasteiger partial charge >= 0.3 is 18.3 Å². The second kappa shape index (κ2) is 16.8. The minimum Gasteiger partial charge on any atom is -0.444 e. The summed E-state index contributed by atoms with van der Waals surface area (Å²) in [5.41, 5.74) is -2.66. The third kappa shape index (κ3) is 11.2. The van der Waals surface area contributed by atoms with Crippen molar-refractivity contribution in [1.82, 2.24) is 20.4 Å². The molecule has 1 saturated heterocycles. The normalized spacial score (nSPS) is 19.8. The maximum absolute atomic E-state index is 13.6. The zero-order valence-corrected chi connectivity index (χ0v) is 30.9. The Balaban J connectivity index is 1.40. The van der Waals surface area contributed by atoms with Crippen molar-refractivity contribution in [3.63, 3.8) is 0 Å². The number of amides is 5. The number of rotatable bonds is 9. The number of piperazine rings is 1. The lowest BCUT2D eigenvalue weighted by atomic mass is 9.84. The maximum Gasteiger partial charge on any atom is 0.416 e. The number of carbonyl (C=O) groups excluding carboxylic acids is 4. The van der Waals surface area contributed by atoms with E-state index in [1.165, 1.54) is 33.7 Å². The van der Waals surface area contributed by atoms with Crippen molar-refractivity contribution in [3.05, 3.63) is 53.6 Å². The first-order chi connectivity index (χ1) is 24.3. The molecule has 286 valence electrons. The molecule has 1 aliphatic heterocycles. The molecule has 0 unspecified atom stereocenters. The minimum atomic E-state index is -4.82. The molecule has 18 heteroatoms. The molecule has 1 saturated carbocycles. The van der Waals surface area contributed by atoms with E-state index in [0.717, 1.165) is 11.0 Å². The van der Waals surface area contributed by atoms with E-state index in [1.54, 1.807) is 32.9 Å². The van der Waals surface area contributed by atoms with Crippen molar-refractivity contribution in [2.75, 3.05) is 50.0 Å². The number of carbonyl (C=O) groups is 4. The third-order valence-corrected chi connectivity index (χ3v) is 11.2. The van der Waals surface area contributed by atoms with Crippen molar-refractivity contribution in [1.29, 1.82) is 0 Å². The van der Waals surface area contributed by atoms with Crippen LogP contribution < -0.4 is 16.0 Å². The van der Waals surface area contributed by atoms with Gasteiger partial charge in [0, 0.05) is 37.1 Å². The van der Waals surface area contributed by atoms with Gasteiger partial charge in [0.25, 0.3) is 5.91 Å². The molecular formula is C34H44F3N5O8S2. The average molecular weight is 772 g/mol. The predicted octanol–water partition coefficient (Wildman–Crippen LogP) is 4.36. The monoisotopic (exact) mass is 771 g/mol. The molecule has 0 bridgehead atoms. The van der Waals surface area contributed by atoms with Gasteiger partial charge in [0.15, 0.2) is 9.84 Å². The summed E-state index contributed by atoms with van der Waals surface area (Å²) < 4.78 is 72.6. The molecule has 2 aromatic carbocycles. The third-order valence-electron chi connectivity index (χ3n) is 8.63. The van der Waals surface area contributed by atoms with Crippen LogP contribution in [0.1, 0.15) is 56.0 Å². The van der Waals surface area contributed by atoms with Gasteiger partial charge in [-0.25, -0.2) is 18.0 Å². The number of benzene rings is 2. The summed E-state index contributed by atoms with van der Waals surface area (Å²) in [6.45, 7) is 4.96. The lowest BCUT2D eigenvalue weighted by Gasteiger charge is -2.35. The lowest BCUT2D eigenvalue weighted by molar-refractivity contribution is -0.137. The highest BCUT2D eigenvalue weighted by Crippen LogP contribution is 2.32. The number of hydrogen-bond donors (Lipinski definition) is 4. The Bertz CT molecular complexity index is 1730. The highest BCUT2D eigenvalue weighted by molar-refractivity contribution is 7.98. The fourth-order valence-corrected chi connectivity index (χ4v) is 8.01. The first-order valence-corrected chi connectivity index (χ1v) is 19.5. The van der Waals surface area contributed by atoms with Crippen LogP contribution in [-0.2, 0) is 25.5 Å². The summed E-state index contributed by atoms with van der Waals surface area (Å²) in [4.78, 5) is 55.5. The quantitative estimate of drug-likeness (QED) is 0.270. The summed E-state index contributed by atoms with van der Waals surface area (Å²) in [5.74, 6) is -2.68. The Hall–Kier alpha value is -4.03. The summed E-state index contributed by atoms with van der Waals surface area (Å²) in [7, 11) is -3.75. The maximum atomic E-state index is 13.6. The fourth-order valence-electron chi connectivity index (χ4n) is 5.89. The zero-order chi connectivity index (χ0) is 38.4. The van der Waals surface area contributed by atoms with Crippen LogP contribution in [0.5, 0.6) is 0 Å². The number of aliphatic hydroxyl groups excluding tert-OH is 1. The molecule has 0 spiro atoms. The number of halogens is 3. The van der Waals surface area contributed by atoms with Crippen LogP contribution in [0.25, 0.3) is 0 Å². The van der Waals surface area contributed by atoms with Crippen molar-refractivity contribution in [2.45, 2.75) is 73.7 Å². The van der Waals surface area contributed by atoms with E-state index in [-0.39, 0.29) is 48.9 Å². The van der Waals surface area contributed by atoms with Gasteiger partial charge in [-0.15, -0.1) is 11.8 Å². The van der Waals surface area contributed by atoms with Gasteiger partial charge in [-0.1, -0.05) is 0 Å². The Morgan fingerprint density at radius 2 is 1.60 bits per heavy atom. The molecule has 13 nitrogen and oxygen atoms in total. The Labute approximate surface area is 304 Å². The Morgan fingerprint density at radius 1 is 0.962 bits per heavy atom. The largest absolute Gasteiger partial charge is 0.444 e. The van der Waals surface area contributed by atoms with Gasteiger partial charge in [-0.2, -0.15) is 13.2 Å². The van der Waals surface area contributed by atoms with E-state index < -0.39 is 81.3 Å². The number of ether oxygens (including phenoxy) is 1. The molecule has 2 aliphatic rings. The van der Waals surface area contributed by atoms with Gasteiger partial charge in [0.1, 0.15) is 5.60 Å². The molecule has 4 N–H and O–H groups in total. The van der Waals surface area contributed by atoms with Crippen LogP contribution in [-0.4, -0.2) is 110 Å². The second-order valence-corrected chi connectivity index (χ2v) is 16.6. The van der Waals surface area contributed by atoms with E-state index in [0.29, 0.717) is 25.0 Å². The summed E-state index contributed by atoms with van der Waals surface area (Å²) >= 11 is 1.46. The average Bonchev–Trinajstić information content (AvgIpc) is 3.07. The molecular weight excluding hydrogens is 728 g/mol. The minimum absolute atomic E-state index is 0.0706. The van der Waals surface area contributed by atoms with E-state index in [4.69, 9.17) is 4.74 Å². The van der Waals surface area contributed by atoms with E-state index >= 15 is 0 Å². The summed E-state index contributed by atoms with van der Waals surface area (Å²) in [6, 6.07) is 7.15. The Morgan fingerprint density at radius 3 is 2.19 bits per heavy atom. The van der Waals surface area contributed by atoms with Gasteiger partial charge < -0.3 is 35.6 Å². The molecule has 5 amide bonds. The van der Waals surface area contributed by atoms with Gasteiger partial charge in [-0.05, 0) is 94.7 Å². The van der Waals surface area contributed by atoms with Gasteiger partial charge in [-0.3, -0.25) is 9.59 Å². The fraction of sp³-hybridized carbons (Fsp3) is 0.529. The Kier molecular flexibility index (Phi) is 13.1. The smallest absolute Gasteiger partial charge is 0.416 e. The van der Waals surface area contributed by atoms with Crippen LogP contribution >= 0.6 is 11.8 Å². The van der Waals surface area contributed by atoms with E-state index in [2.05, 4.69) is 16.0 Å². The molecule has 2 aromatic rings. The highest BCUT2D eigenvalue weighted by Gasteiger charge is 2.36. The van der Waals surface area contributed by atoms with Crippen LogP contribution in [0.4, 0.5) is 28.4 Å². The SMILES string of the molecule is CSc1ccc(S(=O)(=O)C[C@H]2CC[C@@H](O)C[C@@H]2NC(=O)CNC(=O)c2cc(C(F)(F)F)ccc2NC(=O)N2CCN(C(=O)OC(C)(C)C)CC2)cc1. The standard InChI is InChI=1S/C34H44F3N5O8S2/c1-33(2,3)50-32(47)42-15-13-41(14-16-42)31(46)40-27-12-6-22(34(35,36)37)17-26(27)30(45)38-19-29(44)39-28-18-23(43)7-5-21(28)20-52(48,49)25-10-8-24(51-4)9-11-25/h6,8-12,17,21,23,28,43H,5,7,13-16,18-20H2,1-4H3,(H,38,45)(H,39,44)(H,40,46)/t21-,23-,28+/m1/s1. The number of thioether (sulfide) groups is 1. The number of hydrogen-bond acceptors (Lipinski definition) is 9. The van der Waals surface area contributed by atoms with Crippen molar-refractivity contribution >= 4 is 51.2 Å². The molecule has 0 aromatic heterocycles. The van der Waals surface area contributed by atoms with Gasteiger partial charge in [0.2, 0.25) is 5.91 Å². The number of urea groups is 1. The molecule has 4 rings (SSSR count). The number of nitrogens with zero attached hydrogens (tertiary/aromatic N) is 2. The molecule has 1 heterocycles. The molecule has 2 fully saturated rings. The topological polar surface area (TPSA) is 174 Å². The van der Waals surface area contributed by atoms with E-state index in [9.17, 15) is 45.9 Å². The van der Waals surface area contributed by atoms with Gasteiger partial charge in [0.05, 0.1) is 40.1 Å². The summed E-state index contributed by atoms with van der Waals surface area (Å²) in [5, 5.41) is 17.7. The molecule has 52 heavy (non-hydrogen) atoms. The first kappa shape index (κ1) is 40.7. The molecule has 3 atom stereocenters. The van der Waals surface area contributed by atoms with Crippen LogP contribution in [0.2, 0.25) is 0 Å². The first-order valence-electron chi connectivity index (χ1n) is 16.6. The molecule has 0 radical (unpaired) electrons. The van der Waals surface area contributed by atoms with Crippen molar-refractivity contribution in [2.24, 2.45) is 5.92 Å². The number of anilines is 1. The summed E-state index contributed by atoms with van der Waals surface area (Å²) in [6.07, 6.45) is -3.58. The van der Waals surface area contributed by atoms with Crippen LogP contribution in [0, 0.1) is 5.92 Å². The number of nitrogens with one attached hydrogen (secondary N) is 3. The van der Waals surface area contributed by atoms with Crippen molar-refractivity contribution < 1.29 is 50.6 Å². The molecule has 1 aliphatic carbocycles. The van der Waals surface area contributed by atoms with E-state index in [1.807, 2.05) is 6.26 Å². The number of aliphatic hydroxyl groups is 1. The van der Waals surface area contributed by atoms with Crippen LogP contribution in [0.15, 0.2) is 52.3 Å². The number of alkyl halides is 3. The highest BCUT2D eigenvalue weighted by atomic mass is 32.2. The van der Waals surface area contributed by atoms with Crippen molar-refractivity contribution in [3.8, 4) is 0 Å². The predicted molar refractivity (Wildman–Crippen MR) is 188 cm³/mol.